The number of piperidine rings is 1. The molecule has 1 amide bonds. The van der Waals surface area contributed by atoms with Gasteiger partial charge in [-0.25, -0.2) is 0 Å². The number of nitrogens with one attached hydrogen (secondary N) is 1. The van der Waals surface area contributed by atoms with Crippen molar-refractivity contribution in [1.29, 1.82) is 0 Å². The van der Waals surface area contributed by atoms with E-state index in [1.165, 1.54) is 0 Å². The predicted molar refractivity (Wildman–Crippen MR) is 127 cm³/mol. The fourth-order valence-corrected chi connectivity index (χ4v) is 6.33. The summed E-state index contributed by atoms with van der Waals surface area (Å²) in [5.74, 6) is 0.0202. The molecule has 2 aliphatic rings. The molecule has 6 nitrogen and oxygen atoms in total. The number of furan rings is 1. The molecular formula is C27H32N2O4. The quantitative estimate of drug-likeness (QED) is 0.516. The summed E-state index contributed by atoms with van der Waals surface area (Å²) in [6.45, 7) is 4.22. The van der Waals surface area contributed by atoms with Crippen LogP contribution in [0.2, 0.25) is 0 Å². The van der Waals surface area contributed by atoms with Gasteiger partial charge in [-0.3, -0.25) is 9.59 Å². The van der Waals surface area contributed by atoms with Gasteiger partial charge >= 0.3 is 5.97 Å². The molecule has 5 unspecified atom stereocenters. The van der Waals surface area contributed by atoms with Crippen LogP contribution in [0, 0.1) is 11.8 Å². The lowest BCUT2D eigenvalue weighted by Crippen LogP contribution is -2.56. The van der Waals surface area contributed by atoms with Crippen LogP contribution in [0.1, 0.15) is 63.9 Å². The molecule has 6 heteroatoms. The third-order valence-electron chi connectivity index (χ3n) is 7.92. The number of hydrogen-bond acceptors (Lipinski definition) is 3. The van der Waals surface area contributed by atoms with E-state index >= 15 is 0 Å². The van der Waals surface area contributed by atoms with E-state index in [1.807, 2.05) is 35.4 Å². The Hall–Kier alpha value is -3.02. The third kappa shape index (κ3) is 3.85. The van der Waals surface area contributed by atoms with Gasteiger partial charge in [0.05, 0.1) is 12.2 Å². The molecular weight excluding hydrogens is 416 g/mol. The van der Waals surface area contributed by atoms with Crippen LogP contribution in [0.4, 0.5) is 0 Å². The van der Waals surface area contributed by atoms with Crippen LogP contribution in [0.25, 0.3) is 22.2 Å². The molecule has 5 rings (SSSR count). The Labute approximate surface area is 194 Å². The molecule has 3 aromatic rings. The first kappa shape index (κ1) is 21.8. The van der Waals surface area contributed by atoms with Crippen molar-refractivity contribution in [3.63, 3.8) is 0 Å². The van der Waals surface area contributed by atoms with Crippen LogP contribution in [0.3, 0.4) is 0 Å². The van der Waals surface area contributed by atoms with E-state index in [9.17, 15) is 14.7 Å². The normalized spacial score (nSPS) is 26.2. The van der Waals surface area contributed by atoms with Gasteiger partial charge in [0, 0.05) is 41.2 Å². The Morgan fingerprint density at radius 2 is 2.03 bits per heavy atom. The SMILES string of the molecule is CC(CC(=O)N1C(C)CCC2C(C(=O)O)CCCC21)c1c[nH]c2cccc(-c3ccco3)c12. The number of nitrogens with zero attached hydrogens (tertiary/aromatic N) is 1. The molecule has 0 spiro atoms. The Morgan fingerprint density at radius 3 is 2.79 bits per heavy atom. The molecule has 2 aromatic heterocycles. The largest absolute Gasteiger partial charge is 0.481 e. The minimum absolute atomic E-state index is 0.0220. The van der Waals surface area contributed by atoms with Gasteiger partial charge in [0.1, 0.15) is 5.76 Å². The number of carbonyl (C=O) groups is 2. The number of likely N-dealkylation sites (tertiary alicyclic amines) is 1. The Kier molecular flexibility index (Phi) is 5.77. The van der Waals surface area contributed by atoms with Crippen LogP contribution in [-0.2, 0) is 9.59 Å². The molecule has 3 heterocycles. The van der Waals surface area contributed by atoms with E-state index in [2.05, 4.69) is 24.9 Å². The smallest absolute Gasteiger partial charge is 0.306 e. The van der Waals surface area contributed by atoms with Gasteiger partial charge in [0.2, 0.25) is 5.91 Å². The lowest BCUT2D eigenvalue weighted by Gasteiger charge is -2.49. The zero-order valence-electron chi connectivity index (χ0n) is 19.3. The molecule has 1 saturated heterocycles. The summed E-state index contributed by atoms with van der Waals surface area (Å²) in [5.41, 5.74) is 3.16. The van der Waals surface area contributed by atoms with Crippen molar-refractivity contribution in [2.45, 2.75) is 70.4 Å². The van der Waals surface area contributed by atoms with E-state index in [1.54, 1.807) is 6.26 Å². The maximum atomic E-state index is 13.6. The van der Waals surface area contributed by atoms with Crippen LogP contribution < -0.4 is 0 Å². The highest BCUT2D eigenvalue weighted by molar-refractivity contribution is 5.97. The zero-order valence-corrected chi connectivity index (χ0v) is 19.3. The lowest BCUT2D eigenvalue weighted by atomic mass is 9.70. The molecule has 2 fully saturated rings. The highest BCUT2D eigenvalue weighted by atomic mass is 16.4. The van der Waals surface area contributed by atoms with Gasteiger partial charge in [-0.1, -0.05) is 25.5 Å². The Morgan fingerprint density at radius 1 is 1.18 bits per heavy atom. The van der Waals surface area contributed by atoms with E-state index in [-0.39, 0.29) is 35.7 Å². The van der Waals surface area contributed by atoms with Crippen LogP contribution in [0.5, 0.6) is 0 Å². The highest BCUT2D eigenvalue weighted by Gasteiger charge is 2.45. The number of aromatic amines is 1. The summed E-state index contributed by atoms with van der Waals surface area (Å²) in [4.78, 5) is 30.9. The number of benzene rings is 1. The number of carbonyl (C=O) groups excluding carboxylic acids is 1. The van der Waals surface area contributed by atoms with Crippen LogP contribution >= 0.6 is 0 Å². The van der Waals surface area contributed by atoms with Gasteiger partial charge in [0.15, 0.2) is 0 Å². The van der Waals surface area contributed by atoms with E-state index in [0.717, 1.165) is 59.9 Å². The summed E-state index contributed by atoms with van der Waals surface area (Å²) in [6.07, 6.45) is 8.39. The molecule has 1 aromatic carbocycles. The number of fused-ring (bicyclic) bond motifs is 2. The monoisotopic (exact) mass is 448 g/mol. The highest BCUT2D eigenvalue weighted by Crippen LogP contribution is 2.43. The second-order valence-electron chi connectivity index (χ2n) is 9.89. The maximum Gasteiger partial charge on any atom is 0.306 e. The van der Waals surface area contributed by atoms with Crippen molar-refractivity contribution in [1.82, 2.24) is 9.88 Å². The maximum absolute atomic E-state index is 13.6. The van der Waals surface area contributed by atoms with Crippen LogP contribution in [0.15, 0.2) is 47.2 Å². The van der Waals surface area contributed by atoms with Gasteiger partial charge in [0.25, 0.3) is 0 Å². The summed E-state index contributed by atoms with van der Waals surface area (Å²) in [6, 6.07) is 10.1. The fourth-order valence-electron chi connectivity index (χ4n) is 6.33. The van der Waals surface area contributed by atoms with E-state index in [4.69, 9.17) is 4.42 Å². The first-order valence-electron chi connectivity index (χ1n) is 12.1. The number of aliphatic carboxylic acids is 1. The first-order chi connectivity index (χ1) is 16.0. The van der Waals surface area contributed by atoms with Crippen LogP contribution in [-0.4, -0.2) is 39.0 Å². The number of amides is 1. The fraction of sp³-hybridized carbons (Fsp3) is 0.481. The van der Waals surface area contributed by atoms with Gasteiger partial charge in [-0.2, -0.15) is 0 Å². The van der Waals surface area contributed by atoms with E-state index in [0.29, 0.717) is 6.42 Å². The van der Waals surface area contributed by atoms with Crippen molar-refractivity contribution >= 4 is 22.8 Å². The number of carboxylic acids is 1. The topological polar surface area (TPSA) is 86.5 Å². The predicted octanol–water partition coefficient (Wildman–Crippen LogP) is 5.80. The lowest BCUT2D eigenvalue weighted by molar-refractivity contribution is -0.154. The minimum atomic E-state index is -0.704. The summed E-state index contributed by atoms with van der Waals surface area (Å²) in [7, 11) is 0. The van der Waals surface area contributed by atoms with Gasteiger partial charge in [-0.05, 0) is 68.2 Å². The Bertz CT molecular complexity index is 1150. The van der Waals surface area contributed by atoms with Crippen molar-refractivity contribution in [3.8, 4) is 11.3 Å². The summed E-state index contributed by atoms with van der Waals surface area (Å²) >= 11 is 0. The summed E-state index contributed by atoms with van der Waals surface area (Å²) in [5, 5.41) is 10.8. The number of rotatable bonds is 5. The van der Waals surface area contributed by atoms with Gasteiger partial charge < -0.3 is 19.4 Å². The van der Waals surface area contributed by atoms with Gasteiger partial charge in [-0.15, -0.1) is 0 Å². The van der Waals surface area contributed by atoms with E-state index < -0.39 is 5.97 Å². The minimum Gasteiger partial charge on any atom is -0.481 e. The molecule has 0 bridgehead atoms. The average molecular weight is 449 g/mol. The standard InChI is InChI=1S/C27H32N2O4/c1-16(21-15-28-22-8-3-7-20(26(21)22)24-10-5-13-33-24)14-25(30)29-17(2)11-12-18-19(27(31)32)6-4-9-23(18)29/h3,5,7-8,10,13,15-19,23,28H,4,6,9,11-12,14H2,1-2H3,(H,31,32). The number of carboxylic acid groups (broad SMARTS) is 1. The molecule has 33 heavy (non-hydrogen) atoms. The first-order valence-corrected chi connectivity index (χ1v) is 12.1. The Balaban J connectivity index is 1.41. The number of H-pyrrole nitrogens is 1. The number of hydrogen-bond donors (Lipinski definition) is 2. The summed E-state index contributed by atoms with van der Waals surface area (Å²) < 4.78 is 5.67. The molecule has 1 aliphatic heterocycles. The molecule has 5 atom stereocenters. The third-order valence-corrected chi connectivity index (χ3v) is 7.92. The molecule has 2 N–H and O–H groups in total. The molecule has 1 saturated carbocycles. The zero-order chi connectivity index (χ0) is 23.1. The second kappa shape index (κ2) is 8.73. The number of aromatic nitrogens is 1. The van der Waals surface area contributed by atoms with Crippen molar-refractivity contribution < 1.29 is 19.1 Å². The molecule has 174 valence electrons. The second-order valence-corrected chi connectivity index (χ2v) is 9.89. The molecule has 1 aliphatic carbocycles. The average Bonchev–Trinajstić information content (AvgIpc) is 3.48. The van der Waals surface area contributed by atoms with Crippen molar-refractivity contribution in [2.24, 2.45) is 11.8 Å². The van der Waals surface area contributed by atoms with Crippen molar-refractivity contribution in [3.05, 3.63) is 48.4 Å². The van der Waals surface area contributed by atoms with Crippen molar-refractivity contribution in [2.75, 3.05) is 0 Å². The molecule has 0 radical (unpaired) electrons.